The Morgan fingerprint density at radius 1 is 0.875 bits per heavy atom. The molecule has 1 unspecified atom stereocenters. The number of thiophene rings is 1. The van der Waals surface area contributed by atoms with E-state index in [4.69, 9.17) is 15.1 Å². The zero-order chi connectivity index (χ0) is 27.2. The fraction of sp³-hybridized carbons (Fsp3) is 0.0968. The van der Waals surface area contributed by atoms with Gasteiger partial charge in [0.2, 0.25) is 5.91 Å². The fourth-order valence-corrected chi connectivity index (χ4v) is 6.06. The van der Waals surface area contributed by atoms with Gasteiger partial charge in [-0.05, 0) is 66.9 Å². The van der Waals surface area contributed by atoms with E-state index in [0.717, 1.165) is 45.5 Å². The van der Waals surface area contributed by atoms with Gasteiger partial charge in [-0.3, -0.25) is 4.79 Å². The van der Waals surface area contributed by atoms with Crippen LogP contribution in [-0.2, 0) is 4.79 Å². The average molecular weight is 544 g/mol. The van der Waals surface area contributed by atoms with Gasteiger partial charge in [0.25, 0.3) is 0 Å². The Balaban J connectivity index is 1.42. The van der Waals surface area contributed by atoms with Crippen LogP contribution in [0.25, 0.3) is 5.69 Å². The predicted molar refractivity (Wildman–Crippen MR) is 162 cm³/mol. The highest BCUT2D eigenvalue weighted by Crippen LogP contribution is 2.49. The van der Waals surface area contributed by atoms with Gasteiger partial charge in [-0.15, -0.1) is 11.3 Å². The van der Waals surface area contributed by atoms with Crippen LogP contribution in [0, 0.1) is 6.92 Å². The third-order valence-corrected chi connectivity index (χ3v) is 7.84. The van der Waals surface area contributed by atoms with Crippen LogP contribution in [-0.4, -0.2) is 27.4 Å². The first-order chi connectivity index (χ1) is 19.6. The first-order valence-electron chi connectivity index (χ1n) is 13.0. The van der Waals surface area contributed by atoms with Gasteiger partial charge in [-0.2, -0.15) is 5.10 Å². The maximum absolute atomic E-state index is 11.5. The van der Waals surface area contributed by atoms with E-state index in [1.165, 1.54) is 11.8 Å². The number of aromatic nitrogens is 2. The molecule has 2 aliphatic rings. The Labute approximate surface area is 235 Å². The summed E-state index contributed by atoms with van der Waals surface area (Å²) in [7, 11) is 0. The molecule has 7 rings (SSSR count). The van der Waals surface area contributed by atoms with Gasteiger partial charge in [0.1, 0.15) is 6.04 Å². The molecule has 0 fully saturated rings. The van der Waals surface area contributed by atoms with Gasteiger partial charge < -0.3 is 15.5 Å². The van der Waals surface area contributed by atoms with Crippen molar-refractivity contribution in [2.24, 2.45) is 9.98 Å². The summed E-state index contributed by atoms with van der Waals surface area (Å²) in [5.74, 6) is 2.04. The molecule has 1 amide bonds. The SMILES string of the molecule is CC(=O)Nc1ccc(NC2=Nc3ccccc3N3C2=Nc2c(c(C)nn2-c2ccccc2)C3c2cccs2)cc1. The maximum atomic E-state index is 11.5. The Morgan fingerprint density at radius 2 is 1.62 bits per heavy atom. The summed E-state index contributed by atoms with van der Waals surface area (Å²) in [5.41, 5.74) is 6.37. The van der Waals surface area contributed by atoms with Crippen molar-refractivity contribution in [1.29, 1.82) is 0 Å². The second-order valence-corrected chi connectivity index (χ2v) is 10.6. The van der Waals surface area contributed by atoms with E-state index in [-0.39, 0.29) is 11.9 Å². The maximum Gasteiger partial charge on any atom is 0.221 e. The van der Waals surface area contributed by atoms with Gasteiger partial charge in [0, 0.05) is 28.7 Å². The van der Waals surface area contributed by atoms with Crippen molar-refractivity contribution in [2.45, 2.75) is 19.9 Å². The van der Waals surface area contributed by atoms with Crippen molar-refractivity contribution >= 4 is 57.5 Å². The largest absolute Gasteiger partial charge is 0.337 e. The molecular weight excluding hydrogens is 518 g/mol. The van der Waals surface area contributed by atoms with E-state index < -0.39 is 0 Å². The number of hydrogen-bond donors (Lipinski definition) is 2. The number of hydrogen-bond acceptors (Lipinski definition) is 7. The molecule has 0 radical (unpaired) electrons. The number of anilines is 3. The average Bonchev–Trinajstić information content (AvgIpc) is 3.62. The molecule has 196 valence electrons. The highest BCUT2D eigenvalue weighted by atomic mass is 32.1. The highest BCUT2D eigenvalue weighted by Gasteiger charge is 2.41. The molecule has 0 saturated heterocycles. The number of fused-ring (bicyclic) bond motifs is 4. The van der Waals surface area contributed by atoms with E-state index in [9.17, 15) is 4.79 Å². The minimum absolute atomic E-state index is 0.109. The summed E-state index contributed by atoms with van der Waals surface area (Å²) in [4.78, 5) is 25.2. The lowest BCUT2D eigenvalue weighted by Gasteiger charge is -2.40. The normalized spacial score (nSPS) is 15.3. The molecule has 3 aromatic carbocycles. The van der Waals surface area contributed by atoms with E-state index in [1.54, 1.807) is 11.3 Å². The van der Waals surface area contributed by atoms with Crippen molar-refractivity contribution < 1.29 is 4.79 Å². The van der Waals surface area contributed by atoms with Crippen LogP contribution in [0.3, 0.4) is 0 Å². The Bertz CT molecular complexity index is 1790. The molecule has 0 aliphatic carbocycles. The summed E-state index contributed by atoms with van der Waals surface area (Å²) < 4.78 is 1.93. The molecule has 8 nitrogen and oxygen atoms in total. The molecule has 4 heterocycles. The Kier molecular flexibility index (Phi) is 5.78. The minimum Gasteiger partial charge on any atom is -0.337 e. The first kappa shape index (κ1) is 24.1. The Morgan fingerprint density at radius 3 is 2.38 bits per heavy atom. The number of rotatable bonds is 4. The number of aryl methyl sites for hydroxylation is 1. The van der Waals surface area contributed by atoms with Gasteiger partial charge >= 0.3 is 0 Å². The first-order valence-corrected chi connectivity index (χ1v) is 13.8. The number of aliphatic imine (C=N–C) groups is 2. The van der Waals surface area contributed by atoms with E-state index in [2.05, 4.69) is 46.0 Å². The lowest BCUT2D eigenvalue weighted by atomic mass is 9.98. The van der Waals surface area contributed by atoms with E-state index in [0.29, 0.717) is 11.7 Å². The number of nitrogens with zero attached hydrogens (tertiary/aromatic N) is 5. The van der Waals surface area contributed by atoms with Crippen molar-refractivity contribution in [3.05, 3.63) is 113 Å². The molecule has 1 atom stereocenters. The van der Waals surface area contributed by atoms with Crippen LogP contribution in [0.2, 0.25) is 0 Å². The molecule has 5 aromatic rings. The third kappa shape index (κ3) is 4.07. The topological polar surface area (TPSA) is 86.9 Å². The number of carbonyl (C=O) groups excluding carboxylic acids is 1. The summed E-state index contributed by atoms with van der Waals surface area (Å²) in [5, 5.41) is 13.4. The molecule has 0 bridgehead atoms. The number of benzene rings is 3. The second-order valence-electron chi connectivity index (χ2n) is 9.63. The summed E-state index contributed by atoms with van der Waals surface area (Å²) in [6, 6.07) is 29.9. The standard InChI is InChI=1S/C31H25N7OS/c1-19-27-28(26-13-8-18-40-26)37-25-12-7-6-11-24(25)34-29(33-22-16-14-21(15-17-22)32-20(2)39)31(37)35-30(27)38(36-19)23-9-4-3-5-10-23/h3-18,28H,1-2H3,(H,32,39)(H,33,34). The van der Waals surface area contributed by atoms with Crippen LogP contribution >= 0.6 is 11.3 Å². The number of nitrogens with one attached hydrogen (secondary N) is 2. The zero-order valence-electron chi connectivity index (χ0n) is 21.9. The van der Waals surface area contributed by atoms with Crippen molar-refractivity contribution in [3.63, 3.8) is 0 Å². The number of amides is 1. The molecule has 0 spiro atoms. The monoisotopic (exact) mass is 543 g/mol. The van der Waals surface area contributed by atoms with Crippen molar-refractivity contribution in [3.8, 4) is 5.69 Å². The molecular formula is C31H25N7OS. The van der Waals surface area contributed by atoms with E-state index >= 15 is 0 Å². The third-order valence-electron chi connectivity index (χ3n) is 6.92. The van der Waals surface area contributed by atoms with Gasteiger partial charge in [-0.25, -0.2) is 14.7 Å². The number of carbonyl (C=O) groups is 1. The van der Waals surface area contributed by atoms with Gasteiger partial charge in [0.15, 0.2) is 17.5 Å². The Hall–Kier alpha value is -5.02. The highest BCUT2D eigenvalue weighted by molar-refractivity contribution is 7.10. The predicted octanol–water partition coefficient (Wildman–Crippen LogP) is 7.00. The molecule has 2 aromatic heterocycles. The summed E-state index contributed by atoms with van der Waals surface area (Å²) in [6.45, 7) is 3.55. The summed E-state index contributed by atoms with van der Waals surface area (Å²) in [6.07, 6.45) is 0. The van der Waals surface area contributed by atoms with Crippen LogP contribution in [0.1, 0.15) is 29.1 Å². The van der Waals surface area contributed by atoms with Gasteiger partial charge in [-0.1, -0.05) is 36.4 Å². The molecule has 9 heteroatoms. The summed E-state index contributed by atoms with van der Waals surface area (Å²) >= 11 is 1.72. The number of amidine groups is 2. The molecule has 0 saturated carbocycles. The second kappa shape index (κ2) is 9.62. The molecule has 2 N–H and O–H groups in total. The molecule has 40 heavy (non-hydrogen) atoms. The van der Waals surface area contributed by atoms with Crippen molar-refractivity contribution in [2.75, 3.05) is 15.5 Å². The lowest BCUT2D eigenvalue weighted by Crippen LogP contribution is -2.46. The molecule has 2 aliphatic heterocycles. The minimum atomic E-state index is -0.129. The lowest BCUT2D eigenvalue weighted by molar-refractivity contribution is -0.114. The van der Waals surface area contributed by atoms with Crippen LogP contribution in [0.5, 0.6) is 0 Å². The van der Waals surface area contributed by atoms with Crippen LogP contribution in [0.15, 0.2) is 106 Å². The van der Waals surface area contributed by atoms with Crippen LogP contribution < -0.4 is 15.5 Å². The number of para-hydroxylation sites is 3. The zero-order valence-corrected chi connectivity index (χ0v) is 22.7. The smallest absolute Gasteiger partial charge is 0.221 e. The quantitative estimate of drug-likeness (QED) is 0.256. The van der Waals surface area contributed by atoms with Crippen molar-refractivity contribution in [1.82, 2.24) is 9.78 Å². The van der Waals surface area contributed by atoms with Gasteiger partial charge in [0.05, 0.1) is 22.8 Å². The van der Waals surface area contributed by atoms with E-state index in [1.807, 2.05) is 77.5 Å². The fourth-order valence-electron chi connectivity index (χ4n) is 5.24. The van der Waals surface area contributed by atoms with Crippen LogP contribution in [0.4, 0.5) is 28.6 Å².